The lowest BCUT2D eigenvalue weighted by Crippen LogP contribution is -2.05. The standard InChI is InChI=1S/C11H13BrO2/c1-8(7-11(13)14-2)9-3-5-10(12)6-4-9/h3-6,8H,7H2,1-2H3. The molecular weight excluding hydrogens is 244 g/mol. The highest BCUT2D eigenvalue weighted by molar-refractivity contribution is 9.10. The highest BCUT2D eigenvalue weighted by Gasteiger charge is 2.10. The first kappa shape index (κ1) is 11.2. The Balaban J connectivity index is 2.65. The summed E-state index contributed by atoms with van der Waals surface area (Å²) >= 11 is 3.37. The summed E-state index contributed by atoms with van der Waals surface area (Å²) in [4.78, 5) is 11.0. The Kier molecular flexibility index (Phi) is 4.14. The van der Waals surface area contributed by atoms with Gasteiger partial charge in [-0.25, -0.2) is 0 Å². The van der Waals surface area contributed by atoms with E-state index in [0.717, 1.165) is 10.0 Å². The Hall–Kier alpha value is -0.830. The van der Waals surface area contributed by atoms with E-state index in [-0.39, 0.29) is 11.9 Å². The first-order chi connectivity index (χ1) is 6.63. The predicted molar refractivity (Wildman–Crippen MR) is 59.2 cm³/mol. The van der Waals surface area contributed by atoms with E-state index < -0.39 is 0 Å². The van der Waals surface area contributed by atoms with Crippen LogP contribution >= 0.6 is 15.9 Å². The van der Waals surface area contributed by atoms with Crippen molar-refractivity contribution in [1.82, 2.24) is 0 Å². The van der Waals surface area contributed by atoms with Gasteiger partial charge in [0.2, 0.25) is 0 Å². The van der Waals surface area contributed by atoms with Gasteiger partial charge in [-0.1, -0.05) is 35.0 Å². The molecule has 0 heterocycles. The van der Waals surface area contributed by atoms with Crippen LogP contribution in [0.3, 0.4) is 0 Å². The molecule has 0 saturated heterocycles. The molecule has 0 N–H and O–H groups in total. The molecule has 14 heavy (non-hydrogen) atoms. The predicted octanol–water partition coefficient (Wildman–Crippen LogP) is 3.12. The van der Waals surface area contributed by atoms with E-state index in [1.165, 1.54) is 7.11 Å². The Morgan fingerprint density at radius 1 is 1.43 bits per heavy atom. The molecule has 2 nitrogen and oxygen atoms in total. The van der Waals surface area contributed by atoms with Crippen LogP contribution in [-0.2, 0) is 9.53 Å². The van der Waals surface area contributed by atoms with Crippen LogP contribution in [0.2, 0.25) is 0 Å². The van der Waals surface area contributed by atoms with E-state index in [0.29, 0.717) is 6.42 Å². The topological polar surface area (TPSA) is 26.3 Å². The summed E-state index contributed by atoms with van der Waals surface area (Å²) in [5, 5.41) is 0. The van der Waals surface area contributed by atoms with Crippen molar-refractivity contribution >= 4 is 21.9 Å². The Morgan fingerprint density at radius 2 is 2.00 bits per heavy atom. The van der Waals surface area contributed by atoms with E-state index in [4.69, 9.17) is 0 Å². The van der Waals surface area contributed by atoms with E-state index in [1.807, 2.05) is 31.2 Å². The van der Waals surface area contributed by atoms with E-state index in [1.54, 1.807) is 0 Å². The van der Waals surface area contributed by atoms with Gasteiger partial charge < -0.3 is 4.74 Å². The van der Waals surface area contributed by atoms with E-state index >= 15 is 0 Å². The molecule has 3 heteroatoms. The average molecular weight is 257 g/mol. The molecule has 0 aliphatic heterocycles. The summed E-state index contributed by atoms with van der Waals surface area (Å²) in [6, 6.07) is 7.97. The van der Waals surface area contributed by atoms with Crippen molar-refractivity contribution in [3.63, 3.8) is 0 Å². The number of halogens is 1. The zero-order valence-corrected chi connectivity index (χ0v) is 9.87. The highest BCUT2D eigenvalue weighted by atomic mass is 79.9. The molecule has 0 spiro atoms. The number of carbonyl (C=O) groups excluding carboxylic acids is 1. The Bertz CT molecular complexity index is 306. The second-order valence-corrected chi connectivity index (χ2v) is 4.15. The SMILES string of the molecule is COC(=O)CC(C)c1ccc(Br)cc1. The number of esters is 1. The summed E-state index contributed by atoms with van der Waals surface area (Å²) in [7, 11) is 1.41. The molecule has 0 aliphatic carbocycles. The van der Waals surface area contributed by atoms with Crippen LogP contribution in [0, 0.1) is 0 Å². The third-order valence-corrected chi connectivity index (χ3v) is 2.67. The lowest BCUT2D eigenvalue weighted by Gasteiger charge is -2.09. The molecule has 0 saturated carbocycles. The molecule has 0 amide bonds. The molecule has 1 aromatic carbocycles. The number of methoxy groups -OCH3 is 1. The van der Waals surface area contributed by atoms with Gasteiger partial charge in [-0.3, -0.25) is 4.79 Å². The van der Waals surface area contributed by atoms with Crippen LogP contribution < -0.4 is 0 Å². The summed E-state index contributed by atoms with van der Waals surface area (Å²) < 4.78 is 5.67. The third kappa shape index (κ3) is 3.14. The van der Waals surface area contributed by atoms with Gasteiger partial charge in [0, 0.05) is 4.47 Å². The first-order valence-electron chi connectivity index (χ1n) is 4.45. The zero-order valence-electron chi connectivity index (χ0n) is 8.29. The van der Waals surface area contributed by atoms with Crippen molar-refractivity contribution in [3.05, 3.63) is 34.3 Å². The minimum Gasteiger partial charge on any atom is -0.469 e. The quantitative estimate of drug-likeness (QED) is 0.777. The number of rotatable bonds is 3. The summed E-state index contributed by atoms with van der Waals surface area (Å²) in [5.41, 5.74) is 1.15. The maximum absolute atomic E-state index is 11.0. The summed E-state index contributed by atoms with van der Waals surface area (Å²) in [5.74, 6) is 0.0379. The van der Waals surface area contributed by atoms with Crippen LogP contribution in [0.25, 0.3) is 0 Å². The lowest BCUT2D eigenvalue weighted by molar-refractivity contribution is -0.140. The summed E-state index contributed by atoms with van der Waals surface area (Å²) in [6.45, 7) is 2.01. The second kappa shape index (κ2) is 5.15. The largest absolute Gasteiger partial charge is 0.469 e. The van der Waals surface area contributed by atoms with E-state index in [2.05, 4.69) is 20.7 Å². The monoisotopic (exact) mass is 256 g/mol. The fraction of sp³-hybridized carbons (Fsp3) is 0.364. The molecule has 0 bridgehead atoms. The maximum atomic E-state index is 11.0. The van der Waals surface area contributed by atoms with Crippen molar-refractivity contribution in [2.75, 3.05) is 7.11 Å². The molecule has 1 atom stereocenters. The number of ether oxygens (including phenoxy) is 1. The van der Waals surface area contributed by atoms with Gasteiger partial charge in [-0.05, 0) is 23.6 Å². The average Bonchev–Trinajstić information content (AvgIpc) is 2.18. The van der Waals surface area contributed by atoms with Gasteiger partial charge >= 0.3 is 5.97 Å². The molecule has 0 aliphatic rings. The third-order valence-electron chi connectivity index (χ3n) is 2.14. The van der Waals surface area contributed by atoms with Gasteiger partial charge in [-0.2, -0.15) is 0 Å². The van der Waals surface area contributed by atoms with Gasteiger partial charge in [0.05, 0.1) is 13.5 Å². The minimum absolute atomic E-state index is 0.166. The first-order valence-corrected chi connectivity index (χ1v) is 5.25. The van der Waals surface area contributed by atoms with Gasteiger partial charge in [-0.15, -0.1) is 0 Å². The van der Waals surface area contributed by atoms with Crippen LogP contribution in [0.1, 0.15) is 24.8 Å². The fourth-order valence-corrected chi connectivity index (χ4v) is 1.51. The normalized spacial score (nSPS) is 12.2. The smallest absolute Gasteiger partial charge is 0.306 e. The second-order valence-electron chi connectivity index (χ2n) is 3.23. The van der Waals surface area contributed by atoms with Gasteiger partial charge in [0.1, 0.15) is 0 Å². The molecular formula is C11H13BrO2. The lowest BCUT2D eigenvalue weighted by atomic mass is 9.98. The Morgan fingerprint density at radius 3 is 2.50 bits per heavy atom. The molecule has 0 fully saturated rings. The van der Waals surface area contributed by atoms with Crippen molar-refractivity contribution in [2.24, 2.45) is 0 Å². The zero-order chi connectivity index (χ0) is 10.6. The van der Waals surface area contributed by atoms with Crippen LogP contribution in [-0.4, -0.2) is 13.1 Å². The van der Waals surface area contributed by atoms with Crippen LogP contribution in [0.15, 0.2) is 28.7 Å². The minimum atomic E-state index is -0.166. The van der Waals surface area contributed by atoms with Gasteiger partial charge in [0.15, 0.2) is 0 Å². The molecule has 1 unspecified atom stereocenters. The van der Waals surface area contributed by atoms with Crippen molar-refractivity contribution < 1.29 is 9.53 Å². The van der Waals surface area contributed by atoms with E-state index in [9.17, 15) is 4.79 Å². The summed E-state index contributed by atoms with van der Waals surface area (Å²) in [6.07, 6.45) is 0.429. The van der Waals surface area contributed by atoms with Crippen molar-refractivity contribution in [3.8, 4) is 0 Å². The van der Waals surface area contributed by atoms with Crippen LogP contribution in [0.4, 0.5) is 0 Å². The molecule has 0 aromatic heterocycles. The number of hydrogen-bond acceptors (Lipinski definition) is 2. The van der Waals surface area contributed by atoms with Crippen LogP contribution in [0.5, 0.6) is 0 Å². The number of carbonyl (C=O) groups is 1. The molecule has 76 valence electrons. The molecule has 1 rings (SSSR count). The molecule has 1 aromatic rings. The van der Waals surface area contributed by atoms with Crippen molar-refractivity contribution in [2.45, 2.75) is 19.3 Å². The van der Waals surface area contributed by atoms with Crippen molar-refractivity contribution in [1.29, 1.82) is 0 Å². The fourth-order valence-electron chi connectivity index (χ4n) is 1.24. The Labute approximate surface area is 92.4 Å². The number of benzene rings is 1. The molecule has 0 radical (unpaired) electrons. The maximum Gasteiger partial charge on any atom is 0.306 e. The van der Waals surface area contributed by atoms with Gasteiger partial charge in [0.25, 0.3) is 0 Å². The highest BCUT2D eigenvalue weighted by Crippen LogP contribution is 2.21. The number of hydrogen-bond donors (Lipinski definition) is 0.